The van der Waals surface area contributed by atoms with Crippen LogP contribution >= 0.6 is 11.6 Å². The minimum atomic E-state index is -2.93. The number of benzene rings is 1. The molecule has 1 aliphatic heterocycles. The van der Waals surface area contributed by atoms with Gasteiger partial charge in [-0.1, -0.05) is 23.7 Å². The van der Waals surface area contributed by atoms with Gasteiger partial charge in [0.2, 0.25) is 5.95 Å². The lowest BCUT2D eigenvalue weighted by Crippen LogP contribution is -2.22. The molecule has 0 radical (unpaired) electrons. The van der Waals surface area contributed by atoms with Gasteiger partial charge in [0, 0.05) is 29.4 Å². The van der Waals surface area contributed by atoms with Crippen LogP contribution in [0.15, 0.2) is 30.3 Å². The van der Waals surface area contributed by atoms with Gasteiger partial charge in [-0.25, -0.2) is 13.4 Å². The van der Waals surface area contributed by atoms with Crippen molar-refractivity contribution in [2.75, 3.05) is 22.1 Å². The van der Waals surface area contributed by atoms with Crippen LogP contribution in [0.1, 0.15) is 17.7 Å². The summed E-state index contributed by atoms with van der Waals surface area (Å²) in [5, 5.41) is 7.08. The largest absolute Gasteiger partial charge is 0.366 e. The quantitative estimate of drug-likeness (QED) is 0.846. The van der Waals surface area contributed by atoms with Gasteiger partial charge in [-0.05, 0) is 31.0 Å². The van der Waals surface area contributed by atoms with Crippen molar-refractivity contribution in [3.63, 3.8) is 0 Å². The third-order valence-corrected chi connectivity index (χ3v) is 5.83. The summed E-state index contributed by atoms with van der Waals surface area (Å²) in [6, 6.07) is 9.32. The van der Waals surface area contributed by atoms with Crippen molar-refractivity contribution in [1.82, 2.24) is 9.97 Å². The first kappa shape index (κ1) is 17.0. The molecule has 1 saturated heterocycles. The van der Waals surface area contributed by atoms with E-state index in [9.17, 15) is 8.42 Å². The Kier molecular flexibility index (Phi) is 4.91. The predicted molar refractivity (Wildman–Crippen MR) is 96.2 cm³/mol. The van der Waals surface area contributed by atoms with Gasteiger partial charge in [-0.2, -0.15) is 4.98 Å². The van der Waals surface area contributed by atoms with Crippen molar-refractivity contribution < 1.29 is 8.42 Å². The van der Waals surface area contributed by atoms with E-state index in [1.807, 2.05) is 37.3 Å². The number of aryl methyl sites for hydroxylation is 1. The standard InChI is InChI=1S/C16H19ClN4O2S/c1-11-8-15(18-9-12-2-4-13(17)5-3-12)21-16(19-11)20-14-6-7-24(22,23)10-14/h2-5,8,14H,6-7,9-10H2,1H3,(H2,18,19,20,21). The lowest BCUT2D eigenvalue weighted by molar-refractivity contribution is 0.602. The van der Waals surface area contributed by atoms with E-state index in [1.165, 1.54) is 0 Å². The van der Waals surface area contributed by atoms with Crippen molar-refractivity contribution in [3.05, 3.63) is 46.6 Å². The highest BCUT2D eigenvalue weighted by atomic mass is 35.5. The number of hydrogen-bond acceptors (Lipinski definition) is 6. The van der Waals surface area contributed by atoms with E-state index in [0.717, 1.165) is 11.3 Å². The minimum absolute atomic E-state index is 0.124. The topological polar surface area (TPSA) is 84.0 Å². The maximum atomic E-state index is 11.5. The summed E-state index contributed by atoms with van der Waals surface area (Å²) in [7, 11) is -2.93. The van der Waals surface area contributed by atoms with Crippen molar-refractivity contribution >= 4 is 33.2 Å². The van der Waals surface area contributed by atoms with Gasteiger partial charge in [0.1, 0.15) is 5.82 Å². The monoisotopic (exact) mass is 366 g/mol. The fourth-order valence-corrected chi connectivity index (χ4v) is 4.41. The zero-order valence-corrected chi connectivity index (χ0v) is 14.9. The third-order valence-electron chi connectivity index (χ3n) is 3.81. The molecule has 2 aromatic rings. The summed E-state index contributed by atoms with van der Waals surface area (Å²) >= 11 is 5.88. The summed E-state index contributed by atoms with van der Waals surface area (Å²) in [6.07, 6.45) is 0.590. The second-order valence-corrected chi connectivity index (χ2v) is 8.61. The van der Waals surface area contributed by atoms with E-state index < -0.39 is 9.84 Å². The number of rotatable bonds is 5. The van der Waals surface area contributed by atoms with Crippen molar-refractivity contribution in [3.8, 4) is 0 Å². The predicted octanol–water partition coefficient (Wildman–Crippen LogP) is 2.65. The SMILES string of the molecule is Cc1cc(NCc2ccc(Cl)cc2)nc(NC2CCS(=O)(=O)C2)n1. The Hall–Kier alpha value is -1.86. The van der Waals surface area contributed by atoms with E-state index in [0.29, 0.717) is 29.8 Å². The van der Waals surface area contributed by atoms with Crippen molar-refractivity contribution in [1.29, 1.82) is 0 Å². The summed E-state index contributed by atoms with van der Waals surface area (Å²) in [4.78, 5) is 8.76. The molecule has 1 atom stereocenters. The highest BCUT2D eigenvalue weighted by molar-refractivity contribution is 7.91. The Labute approximate surface area is 146 Å². The maximum absolute atomic E-state index is 11.5. The van der Waals surface area contributed by atoms with Gasteiger partial charge < -0.3 is 10.6 Å². The zero-order chi connectivity index (χ0) is 17.2. The Morgan fingerprint density at radius 1 is 1.25 bits per heavy atom. The number of aromatic nitrogens is 2. The minimum Gasteiger partial charge on any atom is -0.366 e. The van der Waals surface area contributed by atoms with E-state index in [4.69, 9.17) is 11.6 Å². The number of anilines is 2. The van der Waals surface area contributed by atoms with Crippen LogP contribution in [0.5, 0.6) is 0 Å². The summed E-state index contributed by atoms with van der Waals surface area (Å²) in [6.45, 7) is 2.50. The highest BCUT2D eigenvalue weighted by Crippen LogP contribution is 2.18. The normalized spacial score (nSPS) is 19.2. The highest BCUT2D eigenvalue weighted by Gasteiger charge is 2.28. The number of nitrogens with zero attached hydrogens (tertiary/aromatic N) is 2. The average Bonchev–Trinajstić information content (AvgIpc) is 2.85. The van der Waals surface area contributed by atoms with Crippen LogP contribution in [-0.2, 0) is 16.4 Å². The smallest absolute Gasteiger partial charge is 0.225 e. The Balaban J connectivity index is 1.66. The van der Waals surface area contributed by atoms with Crippen molar-refractivity contribution in [2.24, 2.45) is 0 Å². The van der Waals surface area contributed by atoms with Gasteiger partial charge in [-0.15, -0.1) is 0 Å². The van der Waals surface area contributed by atoms with Crippen LogP contribution < -0.4 is 10.6 Å². The lowest BCUT2D eigenvalue weighted by atomic mass is 10.2. The molecule has 1 aromatic heterocycles. The molecule has 2 heterocycles. The second kappa shape index (κ2) is 6.94. The number of hydrogen-bond donors (Lipinski definition) is 2. The molecule has 1 unspecified atom stereocenters. The fraction of sp³-hybridized carbons (Fsp3) is 0.375. The molecular formula is C16H19ClN4O2S. The van der Waals surface area contributed by atoms with Crippen LogP contribution in [0.3, 0.4) is 0 Å². The van der Waals surface area contributed by atoms with Crippen LogP contribution in [-0.4, -0.2) is 35.9 Å². The average molecular weight is 367 g/mol. The molecule has 6 nitrogen and oxygen atoms in total. The first-order valence-electron chi connectivity index (χ1n) is 7.71. The summed E-state index contributed by atoms with van der Waals surface area (Å²) in [5.41, 5.74) is 1.90. The van der Waals surface area contributed by atoms with Crippen LogP contribution in [0, 0.1) is 6.92 Å². The summed E-state index contributed by atoms with van der Waals surface area (Å²) < 4.78 is 23.1. The molecule has 0 aliphatic carbocycles. The molecule has 0 saturated carbocycles. The van der Waals surface area contributed by atoms with Gasteiger partial charge in [0.05, 0.1) is 11.5 Å². The molecule has 0 bridgehead atoms. The molecule has 3 rings (SSSR count). The molecule has 1 aliphatic rings. The van der Waals surface area contributed by atoms with E-state index in [1.54, 1.807) is 0 Å². The first-order valence-corrected chi connectivity index (χ1v) is 9.90. The molecular weight excluding hydrogens is 348 g/mol. The van der Waals surface area contributed by atoms with Crippen molar-refractivity contribution in [2.45, 2.75) is 25.9 Å². The molecule has 8 heteroatoms. The molecule has 1 fully saturated rings. The van der Waals surface area contributed by atoms with E-state index in [-0.39, 0.29) is 17.5 Å². The van der Waals surface area contributed by atoms with Crippen LogP contribution in [0.2, 0.25) is 5.02 Å². The Bertz CT molecular complexity index is 824. The lowest BCUT2D eigenvalue weighted by Gasteiger charge is -2.13. The van der Waals surface area contributed by atoms with E-state index in [2.05, 4.69) is 20.6 Å². The van der Waals surface area contributed by atoms with Gasteiger partial charge >= 0.3 is 0 Å². The number of nitrogens with one attached hydrogen (secondary N) is 2. The second-order valence-electron chi connectivity index (χ2n) is 5.94. The maximum Gasteiger partial charge on any atom is 0.225 e. The van der Waals surface area contributed by atoms with E-state index >= 15 is 0 Å². The zero-order valence-electron chi connectivity index (χ0n) is 13.3. The van der Waals surface area contributed by atoms with Gasteiger partial charge in [0.15, 0.2) is 9.84 Å². The van der Waals surface area contributed by atoms with Crippen LogP contribution in [0.25, 0.3) is 0 Å². The molecule has 0 spiro atoms. The molecule has 0 amide bonds. The number of sulfone groups is 1. The molecule has 1 aromatic carbocycles. The Morgan fingerprint density at radius 2 is 2.00 bits per heavy atom. The third kappa shape index (κ3) is 4.58. The van der Waals surface area contributed by atoms with Gasteiger partial charge in [-0.3, -0.25) is 0 Å². The molecule has 2 N–H and O–H groups in total. The summed E-state index contributed by atoms with van der Waals surface area (Å²) in [5.74, 6) is 1.51. The fourth-order valence-electron chi connectivity index (χ4n) is 2.61. The molecule has 24 heavy (non-hydrogen) atoms. The Morgan fingerprint density at radius 3 is 2.67 bits per heavy atom. The first-order chi connectivity index (χ1) is 11.4. The van der Waals surface area contributed by atoms with Gasteiger partial charge in [0.25, 0.3) is 0 Å². The van der Waals surface area contributed by atoms with Crippen LogP contribution in [0.4, 0.5) is 11.8 Å². The number of halogens is 1. The molecule has 128 valence electrons.